The van der Waals surface area contributed by atoms with Crippen molar-refractivity contribution in [1.29, 1.82) is 0 Å². The van der Waals surface area contributed by atoms with E-state index in [0.29, 0.717) is 16.8 Å². The highest BCUT2D eigenvalue weighted by molar-refractivity contribution is 7.89. The van der Waals surface area contributed by atoms with Crippen LogP contribution in [-0.2, 0) is 10.0 Å². The van der Waals surface area contributed by atoms with Crippen molar-refractivity contribution < 1.29 is 13.5 Å². The zero-order chi connectivity index (χ0) is 15.9. The third-order valence-electron chi connectivity index (χ3n) is 3.66. The molecule has 0 aliphatic carbocycles. The molecule has 5 heteroatoms. The lowest BCUT2D eigenvalue weighted by Gasteiger charge is -2.15. The summed E-state index contributed by atoms with van der Waals surface area (Å²) in [5.41, 5.74) is 2.62. The van der Waals surface area contributed by atoms with Gasteiger partial charge in [-0.1, -0.05) is 48.0 Å². The van der Waals surface area contributed by atoms with Crippen molar-refractivity contribution in [1.82, 2.24) is 3.97 Å². The van der Waals surface area contributed by atoms with E-state index in [4.69, 9.17) is 0 Å². The number of hydrogen-bond acceptors (Lipinski definition) is 3. The van der Waals surface area contributed by atoms with Crippen LogP contribution in [0.15, 0.2) is 54.6 Å². The first-order chi connectivity index (χ1) is 10.4. The fourth-order valence-electron chi connectivity index (χ4n) is 2.72. The van der Waals surface area contributed by atoms with Crippen LogP contribution in [0.3, 0.4) is 0 Å². The van der Waals surface area contributed by atoms with Crippen molar-refractivity contribution in [2.75, 3.05) is 6.26 Å². The number of aromatic nitrogens is 1. The van der Waals surface area contributed by atoms with Crippen molar-refractivity contribution in [3.05, 3.63) is 71.4 Å². The van der Waals surface area contributed by atoms with Gasteiger partial charge in [0, 0.05) is 5.39 Å². The van der Waals surface area contributed by atoms with Crippen LogP contribution >= 0.6 is 0 Å². The summed E-state index contributed by atoms with van der Waals surface area (Å²) >= 11 is 0. The molecule has 0 amide bonds. The fourth-order valence-corrected chi connectivity index (χ4v) is 3.78. The lowest BCUT2D eigenvalue weighted by atomic mass is 10.0. The first kappa shape index (κ1) is 14.8. The molecule has 0 saturated carbocycles. The molecule has 4 nitrogen and oxygen atoms in total. The summed E-state index contributed by atoms with van der Waals surface area (Å²) in [5, 5.41) is 11.5. The molecule has 1 atom stereocenters. The molecule has 114 valence electrons. The minimum atomic E-state index is -3.52. The Morgan fingerprint density at radius 1 is 1.05 bits per heavy atom. The number of nitrogens with zero attached hydrogens (tertiary/aromatic N) is 1. The Balaban J connectivity index is 2.26. The first-order valence-corrected chi connectivity index (χ1v) is 8.78. The normalized spacial score (nSPS) is 13.4. The minimum Gasteiger partial charge on any atom is -0.382 e. The van der Waals surface area contributed by atoms with E-state index in [2.05, 4.69) is 0 Å². The van der Waals surface area contributed by atoms with Crippen molar-refractivity contribution in [2.24, 2.45) is 0 Å². The molecule has 0 radical (unpaired) electrons. The van der Waals surface area contributed by atoms with E-state index >= 15 is 0 Å². The van der Waals surface area contributed by atoms with Gasteiger partial charge in [-0.3, -0.25) is 0 Å². The maximum atomic E-state index is 12.2. The average molecular weight is 315 g/mol. The molecule has 0 aliphatic heterocycles. The third-order valence-corrected chi connectivity index (χ3v) is 4.73. The molecule has 0 bridgehead atoms. The van der Waals surface area contributed by atoms with Crippen LogP contribution in [0.5, 0.6) is 0 Å². The van der Waals surface area contributed by atoms with Gasteiger partial charge in [-0.05, 0) is 24.6 Å². The van der Waals surface area contributed by atoms with E-state index in [-0.39, 0.29) is 0 Å². The molecule has 0 unspecified atom stereocenters. The summed E-state index contributed by atoms with van der Waals surface area (Å²) in [6.45, 7) is 1.93. The van der Waals surface area contributed by atoms with Crippen LogP contribution in [0, 0.1) is 6.92 Å². The number of aryl methyl sites for hydroxylation is 1. The van der Waals surface area contributed by atoms with Crippen LogP contribution in [-0.4, -0.2) is 23.8 Å². The van der Waals surface area contributed by atoms with Crippen LogP contribution in [0.4, 0.5) is 0 Å². The predicted octanol–water partition coefficient (Wildman–Crippen LogP) is 2.84. The average Bonchev–Trinajstić information content (AvgIpc) is 2.85. The summed E-state index contributed by atoms with van der Waals surface area (Å²) in [6.07, 6.45) is 0.147. The summed E-state index contributed by atoms with van der Waals surface area (Å²) < 4.78 is 25.6. The van der Waals surface area contributed by atoms with E-state index in [0.717, 1.165) is 17.2 Å². The SMILES string of the molecule is Cc1cccc([C@H](O)c2cc3ccccc3n2S(C)(=O)=O)c1. The van der Waals surface area contributed by atoms with Crippen molar-refractivity contribution in [3.63, 3.8) is 0 Å². The molecule has 0 aliphatic rings. The van der Waals surface area contributed by atoms with Gasteiger partial charge in [0.2, 0.25) is 10.0 Å². The summed E-state index contributed by atoms with van der Waals surface area (Å²) in [6, 6.07) is 16.4. The third kappa shape index (κ3) is 2.53. The predicted molar refractivity (Wildman–Crippen MR) is 87.4 cm³/mol. The quantitative estimate of drug-likeness (QED) is 0.808. The highest BCUT2D eigenvalue weighted by Gasteiger charge is 2.22. The molecule has 0 fully saturated rings. The Bertz CT molecular complexity index is 941. The first-order valence-electron chi connectivity index (χ1n) is 6.93. The van der Waals surface area contributed by atoms with E-state index in [1.165, 1.54) is 3.97 Å². The van der Waals surface area contributed by atoms with Crippen LogP contribution < -0.4 is 0 Å². The number of hydrogen-bond donors (Lipinski definition) is 1. The van der Waals surface area contributed by atoms with Gasteiger partial charge < -0.3 is 5.11 Å². The number of para-hydroxylation sites is 1. The van der Waals surface area contributed by atoms with E-state index in [1.807, 2.05) is 37.3 Å². The highest BCUT2D eigenvalue weighted by atomic mass is 32.2. The van der Waals surface area contributed by atoms with Gasteiger partial charge in [0.05, 0.1) is 17.5 Å². The van der Waals surface area contributed by atoms with Gasteiger partial charge in [0.25, 0.3) is 0 Å². The molecule has 22 heavy (non-hydrogen) atoms. The molecule has 2 aromatic carbocycles. The topological polar surface area (TPSA) is 59.3 Å². The zero-order valence-electron chi connectivity index (χ0n) is 12.4. The molecule has 3 rings (SSSR count). The number of aliphatic hydroxyl groups is 1. The molecular formula is C17H17NO3S. The number of aliphatic hydroxyl groups excluding tert-OH is 1. The highest BCUT2D eigenvalue weighted by Crippen LogP contribution is 2.30. The largest absolute Gasteiger partial charge is 0.382 e. The lowest BCUT2D eigenvalue weighted by molar-refractivity contribution is 0.214. The molecule has 1 heterocycles. The van der Waals surface area contributed by atoms with Crippen LogP contribution in [0.2, 0.25) is 0 Å². The van der Waals surface area contributed by atoms with Gasteiger partial charge in [0.1, 0.15) is 6.10 Å². The Morgan fingerprint density at radius 3 is 2.45 bits per heavy atom. The maximum absolute atomic E-state index is 12.2. The van der Waals surface area contributed by atoms with Crippen molar-refractivity contribution >= 4 is 20.9 Å². The fraction of sp³-hybridized carbons (Fsp3) is 0.176. The lowest BCUT2D eigenvalue weighted by Crippen LogP contribution is -2.16. The van der Waals surface area contributed by atoms with Gasteiger partial charge in [-0.15, -0.1) is 0 Å². The molecule has 0 spiro atoms. The summed E-state index contributed by atoms with van der Waals surface area (Å²) in [4.78, 5) is 0. The number of benzene rings is 2. The second kappa shape index (κ2) is 5.26. The molecule has 1 N–H and O–H groups in total. The minimum absolute atomic E-state index is 0.356. The Morgan fingerprint density at radius 2 is 1.77 bits per heavy atom. The number of fused-ring (bicyclic) bond motifs is 1. The molecular weight excluding hydrogens is 298 g/mol. The standard InChI is InChI=1S/C17H17NO3S/c1-12-6-5-8-14(10-12)17(19)16-11-13-7-3-4-9-15(13)18(16)22(2,20)21/h3-11,17,19H,1-2H3/t17-/m0/s1. The summed E-state index contributed by atoms with van der Waals surface area (Å²) in [7, 11) is -3.52. The van der Waals surface area contributed by atoms with Gasteiger partial charge in [0.15, 0.2) is 0 Å². The Kier molecular flexibility index (Phi) is 3.54. The maximum Gasteiger partial charge on any atom is 0.236 e. The second-order valence-corrected chi connectivity index (χ2v) is 7.30. The zero-order valence-corrected chi connectivity index (χ0v) is 13.2. The molecule has 0 saturated heterocycles. The molecule has 3 aromatic rings. The van der Waals surface area contributed by atoms with Crippen molar-refractivity contribution in [3.8, 4) is 0 Å². The smallest absolute Gasteiger partial charge is 0.236 e. The van der Waals surface area contributed by atoms with E-state index < -0.39 is 16.1 Å². The summed E-state index contributed by atoms with van der Waals surface area (Å²) in [5.74, 6) is 0. The second-order valence-electron chi connectivity index (χ2n) is 5.47. The van der Waals surface area contributed by atoms with Crippen LogP contribution in [0.1, 0.15) is 22.9 Å². The van der Waals surface area contributed by atoms with Crippen LogP contribution in [0.25, 0.3) is 10.9 Å². The van der Waals surface area contributed by atoms with Gasteiger partial charge in [-0.25, -0.2) is 12.4 Å². The number of rotatable bonds is 3. The monoisotopic (exact) mass is 315 g/mol. The van der Waals surface area contributed by atoms with Gasteiger partial charge in [-0.2, -0.15) is 0 Å². The van der Waals surface area contributed by atoms with Gasteiger partial charge >= 0.3 is 0 Å². The van der Waals surface area contributed by atoms with E-state index in [1.54, 1.807) is 24.3 Å². The Hall–Kier alpha value is -2.11. The van der Waals surface area contributed by atoms with Crippen molar-refractivity contribution in [2.45, 2.75) is 13.0 Å². The molecule has 1 aromatic heterocycles. The Labute approximate surface area is 129 Å². The van der Waals surface area contributed by atoms with E-state index in [9.17, 15) is 13.5 Å².